The fraction of sp³-hybridized carbons (Fsp3) is 0.238. The van der Waals surface area contributed by atoms with E-state index >= 15 is 0 Å². The van der Waals surface area contributed by atoms with Crippen molar-refractivity contribution in [1.82, 2.24) is 0 Å². The number of allylic oxidation sites excluding steroid dienone is 1. The van der Waals surface area contributed by atoms with Crippen LogP contribution in [0.5, 0.6) is 17.2 Å². The standard InChI is InChI=1S/C21H22O5S/c1-5-20(23)26-19-13-15(24-2)12-18(25-3)21(19)17(22)11-8-14-6-9-16(27-4)10-7-14/h6-13H,5H2,1-4H3/b11-8+. The van der Waals surface area contributed by atoms with Gasteiger partial charge in [-0.2, -0.15) is 0 Å². The third-order valence-electron chi connectivity index (χ3n) is 3.80. The Balaban J connectivity index is 2.39. The normalized spacial score (nSPS) is 10.7. The summed E-state index contributed by atoms with van der Waals surface area (Å²) >= 11 is 1.65. The summed E-state index contributed by atoms with van der Waals surface area (Å²) in [6.45, 7) is 1.68. The van der Waals surface area contributed by atoms with Gasteiger partial charge in [-0.05, 0) is 30.0 Å². The smallest absolute Gasteiger partial charge is 0.310 e. The van der Waals surface area contributed by atoms with Crippen LogP contribution in [0, 0.1) is 0 Å². The maximum absolute atomic E-state index is 12.8. The van der Waals surface area contributed by atoms with E-state index in [-0.39, 0.29) is 29.3 Å². The van der Waals surface area contributed by atoms with Crippen LogP contribution in [0.1, 0.15) is 29.3 Å². The molecule has 0 unspecified atom stereocenters. The monoisotopic (exact) mass is 386 g/mol. The van der Waals surface area contributed by atoms with Gasteiger partial charge in [0.1, 0.15) is 22.8 Å². The van der Waals surface area contributed by atoms with E-state index in [0.29, 0.717) is 5.75 Å². The van der Waals surface area contributed by atoms with Gasteiger partial charge in [0.15, 0.2) is 5.78 Å². The Hall–Kier alpha value is -2.73. The molecule has 0 aliphatic rings. The number of carbonyl (C=O) groups excluding carboxylic acids is 2. The molecule has 2 aromatic carbocycles. The molecule has 0 aliphatic carbocycles. The van der Waals surface area contributed by atoms with Crippen molar-refractivity contribution in [3.63, 3.8) is 0 Å². The van der Waals surface area contributed by atoms with Gasteiger partial charge in [0.25, 0.3) is 0 Å². The molecule has 5 nitrogen and oxygen atoms in total. The largest absolute Gasteiger partial charge is 0.496 e. The molecular formula is C21H22O5S. The van der Waals surface area contributed by atoms with Crippen molar-refractivity contribution in [3.05, 3.63) is 53.6 Å². The van der Waals surface area contributed by atoms with Gasteiger partial charge in [-0.3, -0.25) is 9.59 Å². The molecule has 0 radical (unpaired) electrons. The molecule has 0 aliphatic heterocycles. The second kappa shape index (κ2) is 9.83. The fourth-order valence-electron chi connectivity index (χ4n) is 2.33. The highest BCUT2D eigenvalue weighted by Gasteiger charge is 2.20. The van der Waals surface area contributed by atoms with Crippen LogP contribution in [0.2, 0.25) is 0 Å². The number of thioether (sulfide) groups is 1. The molecule has 0 bridgehead atoms. The molecule has 0 atom stereocenters. The van der Waals surface area contributed by atoms with Gasteiger partial charge in [-0.25, -0.2) is 0 Å². The molecule has 6 heteroatoms. The molecular weight excluding hydrogens is 364 g/mol. The summed E-state index contributed by atoms with van der Waals surface area (Å²) in [6, 6.07) is 10.9. The molecule has 0 aromatic heterocycles. The van der Waals surface area contributed by atoms with Crippen LogP contribution in [0.3, 0.4) is 0 Å². The van der Waals surface area contributed by atoms with Gasteiger partial charge in [0.05, 0.1) is 14.2 Å². The predicted octanol–water partition coefficient (Wildman–Crippen LogP) is 4.64. The van der Waals surface area contributed by atoms with Crippen LogP contribution in [-0.2, 0) is 4.79 Å². The first-order valence-corrected chi connectivity index (χ1v) is 9.58. The van der Waals surface area contributed by atoms with Crippen molar-refractivity contribution in [2.24, 2.45) is 0 Å². The predicted molar refractivity (Wildman–Crippen MR) is 107 cm³/mol. The quantitative estimate of drug-likeness (QED) is 0.217. The van der Waals surface area contributed by atoms with Crippen molar-refractivity contribution >= 4 is 29.6 Å². The number of ether oxygens (including phenoxy) is 3. The number of carbonyl (C=O) groups is 2. The van der Waals surface area contributed by atoms with E-state index in [2.05, 4.69) is 0 Å². The maximum Gasteiger partial charge on any atom is 0.310 e. The molecule has 2 rings (SSSR count). The van der Waals surface area contributed by atoms with Gasteiger partial charge in [0.2, 0.25) is 0 Å². The number of rotatable bonds is 8. The second-order valence-corrected chi connectivity index (χ2v) is 6.38. The first-order valence-electron chi connectivity index (χ1n) is 8.35. The van der Waals surface area contributed by atoms with Crippen LogP contribution >= 0.6 is 11.8 Å². The number of esters is 1. The van der Waals surface area contributed by atoms with Crippen LogP contribution in [0.25, 0.3) is 6.08 Å². The molecule has 0 heterocycles. The Morgan fingerprint density at radius 1 is 1.04 bits per heavy atom. The van der Waals surface area contributed by atoms with Gasteiger partial charge < -0.3 is 14.2 Å². The topological polar surface area (TPSA) is 61.8 Å². The number of benzene rings is 2. The minimum atomic E-state index is -0.448. The van der Waals surface area contributed by atoms with E-state index in [1.54, 1.807) is 30.8 Å². The number of methoxy groups -OCH3 is 2. The molecule has 0 N–H and O–H groups in total. The minimum Gasteiger partial charge on any atom is -0.496 e. The molecule has 0 amide bonds. The van der Waals surface area contributed by atoms with E-state index in [4.69, 9.17) is 14.2 Å². The molecule has 27 heavy (non-hydrogen) atoms. The number of hydrogen-bond acceptors (Lipinski definition) is 6. The maximum atomic E-state index is 12.8. The van der Waals surface area contributed by atoms with E-state index < -0.39 is 5.97 Å². The third-order valence-corrected chi connectivity index (χ3v) is 4.54. The number of ketones is 1. The highest BCUT2D eigenvalue weighted by atomic mass is 32.2. The number of hydrogen-bond donors (Lipinski definition) is 0. The lowest BCUT2D eigenvalue weighted by molar-refractivity contribution is -0.134. The Morgan fingerprint density at radius 3 is 2.26 bits per heavy atom. The van der Waals surface area contributed by atoms with Crippen LogP contribution in [0.4, 0.5) is 0 Å². The Kier molecular flexibility index (Phi) is 7.49. The average Bonchev–Trinajstić information content (AvgIpc) is 2.71. The van der Waals surface area contributed by atoms with E-state index in [9.17, 15) is 9.59 Å². The van der Waals surface area contributed by atoms with Crippen LogP contribution in [0.15, 0.2) is 47.4 Å². The zero-order valence-corrected chi connectivity index (χ0v) is 16.6. The summed E-state index contributed by atoms with van der Waals surface area (Å²) in [6.07, 6.45) is 5.33. The molecule has 2 aromatic rings. The summed E-state index contributed by atoms with van der Waals surface area (Å²) < 4.78 is 15.8. The highest BCUT2D eigenvalue weighted by molar-refractivity contribution is 7.98. The summed E-state index contributed by atoms with van der Waals surface area (Å²) in [4.78, 5) is 25.7. The van der Waals surface area contributed by atoms with Gasteiger partial charge in [-0.1, -0.05) is 25.1 Å². The fourth-order valence-corrected chi connectivity index (χ4v) is 2.74. The summed E-state index contributed by atoms with van der Waals surface area (Å²) in [5.41, 5.74) is 1.07. The zero-order valence-electron chi connectivity index (χ0n) is 15.8. The Labute approximate surface area is 163 Å². The van der Waals surface area contributed by atoms with Crippen molar-refractivity contribution < 1.29 is 23.8 Å². The zero-order chi connectivity index (χ0) is 19.8. The van der Waals surface area contributed by atoms with E-state index in [1.807, 2.05) is 30.5 Å². The molecule has 0 fully saturated rings. The highest BCUT2D eigenvalue weighted by Crippen LogP contribution is 2.35. The molecule has 142 valence electrons. The third kappa shape index (κ3) is 5.37. The van der Waals surface area contributed by atoms with E-state index in [1.165, 1.54) is 26.4 Å². The van der Waals surface area contributed by atoms with Crippen molar-refractivity contribution in [2.75, 3.05) is 20.5 Å². The van der Waals surface area contributed by atoms with Crippen molar-refractivity contribution in [1.29, 1.82) is 0 Å². The lowest BCUT2D eigenvalue weighted by Crippen LogP contribution is -2.10. The SMILES string of the molecule is CCC(=O)Oc1cc(OC)cc(OC)c1C(=O)/C=C/c1ccc(SC)cc1. The van der Waals surface area contributed by atoms with E-state index in [0.717, 1.165) is 10.5 Å². The summed E-state index contributed by atoms with van der Waals surface area (Å²) in [5.74, 6) is 0.0448. The minimum absolute atomic E-state index is 0.116. The first-order chi connectivity index (χ1) is 13.0. The Morgan fingerprint density at radius 2 is 1.70 bits per heavy atom. The molecule has 0 saturated carbocycles. The lowest BCUT2D eigenvalue weighted by Gasteiger charge is -2.13. The van der Waals surface area contributed by atoms with Crippen LogP contribution < -0.4 is 14.2 Å². The van der Waals surface area contributed by atoms with Crippen LogP contribution in [-0.4, -0.2) is 32.2 Å². The first kappa shape index (κ1) is 20.6. The molecule has 0 saturated heterocycles. The van der Waals surface area contributed by atoms with Gasteiger partial charge in [-0.15, -0.1) is 11.8 Å². The summed E-state index contributed by atoms with van der Waals surface area (Å²) in [5, 5.41) is 0. The van der Waals surface area contributed by atoms with Crippen molar-refractivity contribution in [2.45, 2.75) is 18.2 Å². The second-order valence-electron chi connectivity index (χ2n) is 5.50. The summed E-state index contributed by atoms with van der Waals surface area (Å²) in [7, 11) is 2.93. The average molecular weight is 386 g/mol. The van der Waals surface area contributed by atoms with Crippen molar-refractivity contribution in [3.8, 4) is 17.2 Å². The lowest BCUT2D eigenvalue weighted by atomic mass is 10.1. The van der Waals surface area contributed by atoms with Gasteiger partial charge in [0, 0.05) is 23.4 Å². The Bertz CT molecular complexity index is 840. The molecule has 0 spiro atoms. The van der Waals surface area contributed by atoms with Gasteiger partial charge >= 0.3 is 5.97 Å².